The van der Waals surface area contributed by atoms with E-state index in [1.54, 1.807) is 16.5 Å². The summed E-state index contributed by atoms with van der Waals surface area (Å²) in [6, 6.07) is 10.1. The highest BCUT2D eigenvalue weighted by Gasteiger charge is 2.32. The number of hydrogen-bond donors (Lipinski definition) is 0. The number of carbonyl (C=O) groups excluding carboxylic acids is 3. The van der Waals surface area contributed by atoms with Crippen molar-refractivity contribution in [3.63, 3.8) is 0 Å². The van der Waals surface area contributed by atoms with Crippen LogP contribution in [-0.4, -0.2) is 88.0 Å². The van der Waals surface area contributed by atoms with Crippen molar-refractivity contribution in [1.82, 2.24) is 24.8 Å². The van der Waals surface area contributed by atoms with Gasteiger partial charge in [0.1, 0.15) is 11.1 Å². The molecule has 0 aliphatic carbocycles. The lowest BCUT2D eigenvalue weighted by molar-refractivity contribution is -0.143. The molecule has 0 radical (unpaired) electrons. The van der Waals surface area contributed by atoms with Gasteiger partial charge in [0.2, 0.25) is 34.8 Å². The van der Waals surface area contributed by atoms with E-state index in [-0.39, 0.29) is 50.0 Å². The smallest absolute Gasteiger partial charge is 0.415 e. The van der Waals surface area contributed by atoms with E-state index in [0.29, 0.717) is 64.0 Å². The monoisotopic (exact) mass is 829 g/mol. The molecule has 2 aliphatic heterocycles. The van der Waals surface area contributed by atoms with Crippen molar-refractivity contribution in [2.45, 2.75) is 91.3 Å². The summed E-state index contributed by atoms with van der Waals surface area (Å²) in [6.45, 7) is 12.1. The fraction of sp³-hybridized carbons (Fsp3) is 0.500. The lowest BCUT2D eigenvalue weighted by Gasteiger charge is -2.32. The Morgan fingerprint density at radius 1 is 0.881 bits per heavy atom. The van der Waals surface area contributed by atoms with Crippen LogP contribution in [0.1, 0.15) is 87.1 Å². The topological polar surface area (TPSA) is 125 Å². The second kappa shape index (κ2) is 18.3. The third-order valence-corrected chi connectivity index (χ3v) is 10.6. The van der Waals surface area contributed by atoms with Gasteiger partial charge in [-0.3, -0.25) is 4.79 Å². The maximum absolute atomic E-state index is 14.0. The second-order valence-corrected chi connectivity index (χ2v) is 15.8. The number of aromatic nitrogens is 3. The molecule has 1 saturated heterocycles. The summed E-state index contributed by atoms with van der Waals surface area (Å²) in [4.78, 5) is 41.2. The Labute approximate surface area is 338 Å². The number of halogens is 5. The van der Waals surface area contributed by atoms with Gasteiger partial charge in [-0.15, -0.1) is 5.10 Å². The van der Waals surface area contributed by atoms with Crippen molar-refractivity contribution in [2.24, 2.45) is 5.92 Å². The Morgan fingerprint density at radius 2 is 1.58 bits per heavy atom. The molecule has 0 N–H and O–H groups in total. The van der Waals surface area contributed by atoms with E-state index in [4.69, 9.17) is 14.2 Å². The molecule has 0 saturated carbocycles. The summed E-state index contributed by atoms with van der Waals surface area (Å²) in [5, 5.41) is 8.91. The summed E-state index contributed by atoms with van der Waals surface area (Å²) >= 11 is 0. The van der Waals surface area contributed by atoms with Gasteiger partial charge in [-0.25, -0.2) is 27.4 Å². The first kappa shape index (κ1) is 43.3. The third kappa shape index (κ3) is 9.94. The number of nitrogens with zero attached hydrogens (tertiary/aromatic N) is 5. The largest absolute Gasteiger partial charge is 0.466 e. The Bertz CT molecular complexity index is 2170. The zero-order chi connectivity index (χ0) is 42.6. The predicted molar refractivity (Wildman–Crippen MR) is 204 cm³/mol. The Morgan fingerprint density at radius 3 is 2.25 bits per heavy atom. The zero-order valence-corrected chi connectivity index (χ0v) is 33.7. The van der Waals surface area contributed by atoms with Crippen molar-refractivity contribution in [3.05, 3.63) is 87.2 Å². The molecule has 12 nitrogen and oxygen atoms in total. The molecule has 1 fully saturated rings. The molecule has 59 heavy (non-hydrogen) atoms. The molecule has 2 aliphatic rings. The molecule has 17 heteroatoms. The van der Waals surface area contributed by atoms with Crippen molar-refractivity contribution in [2.75, 3.05) is 39.5 Å². The number of aryl methyl sites for hydroxylation is 2. The standard InChI is InChI=1S/C42H48F5N5O7/c1-6-57-32(53)21-30(27-9-8-26-14-18-51(22-28(26)20-27)41(55)59-42(3,4)5)29-10-11-31-38(24(29)2)48-49-52(31)15-7-19-56-23-25-12-16-50(17-13-25)40(54)58-39-36(46)34(44)33(43)35(45)37(39)47/h8-11,20,25,30H,6-7,12-19,21-23H2,1-5H3/t30-/m0/s1. The van der Waals surface area contributed by atoms with E-state index >= 15 is 0 Å². The fourth-order valence-electron chi connectivity index (χ4n) is 7.47. The van der Waals surface area contributed by atoms with Crippen molar-refractivity contribution < 1.29 is 55.3 Å². The van der Waals surface area contributed by atoms with Crippen LogP contribution in [0.3, 0.4) is 0 Å². The minimum Gasteiger partial charge on any atom is -0.466 e. The Kier molecular flexibility index (Phi) is 13.4. The number of fused-ring (bicyclic) bond motifs is 2. The fourth-order valence-corrected chi connectivity index (χ4v) is 7.47. The van der Waals surface area contributed by atoms with E-state index in [1.165, 1.54) is 0 Å². The molecule has 0 unspecified atom stereocenters. The maximum Gasteiger partial charge on any atom is 0.415 e. The molecule has 3 aromatic carbocycles. The number of rotatable bonds is 12. The molecular weight excluding hydrogens is 781 g/mol. The zero-order valence-electron chi connectivity index (χ0n) is 33.7. The highest BCUT2D eigenvalue weighted by molar-refractivity contribution is 5.81. The SMILES string of the molecule is CCOC(=O)C[C@@H](c1ccc2c(c1)CN(C(=O)OC(C)(C)C)CC2)c1ccc2c(nnn2CCCOCC2CCN(C(=O)Oc3c(F)c(F)c(F)c(F)c3F)CC2)c1C. The molecule has 0 spiro atoms. The minimum atomic E-state index is -2.34. The van der Waals surface area contributed by atoms with E-state index < -0.39 is 46.5 Å². The number of piperidine rings is 1. The van der Waals surface area contributed by atoms with Gasteiger partial charge in [0.05, 0.1) is 18.5 Å². The van der Waals surface area contributed by atoms with E-state index in [1.807, 2.05) is 45.9 Å². The van der Waals surface area contributed by atoms with Gasteiger partial charge in [0.25, 0.3) is 0 Å². The van der Waals surface area contributed by atoms with Gasteiger partial charge in [-0.1, -0.05) is 29.5 Å². The first-order valence-corrected chi connectivity index (χ1v) is 19.7. The van der Waals surface area contributed by atoms with Crippen molar-refractivity contribution >= 4 is 29.2 Å². The summed E-state index contributed by atoms with van der Waals surface area (Å²) in [5.74, 6) is -13.4. The Hall–Kier alpha value is -5.32. The molecule has 1 atom stereocenters. The van der Waals surface area contributed by atoms with Crippen LogP contribution in [0.4, 0.5) is 31.5 Å². The van der Waals surface area contributed by atoms with Crippen LogP contribution in [0.5, 0.6) is 5.75 Å². The second-order valence-electron chi connectivity index (χ2n) is 15.8. The molecule has 0 bridgehead atoms. The van der Waals surface area contributed by atoms with E-state index in [2.05, 4.69) is 27.2 Å². The first-order valence-electron chi connectivity index (χ1n) is 19.7. The number of likely N-dealkylation sites (tertiary alicyclic amines) is 1. The number of ether oxygens (including phenoxy) is 4. The highest BCUT2D eigenvalue weighted by atomic mass is 19.2. The van der Waals surface area contributed by atoms with E-state index in [9.17, 15) is 36.3 Å². The first-order chi connectivity index (χ1) is 28.1. The van der Waals surface area contributed by atoms with E-state index in [0.717, 1.165) is 38.2 Å². The number of hydrogen-bond acceptors (Lipinski definition) is 9. The van der Waals surface area contributed by atoms with Gasteiger partial charge in [0, 0.05) is 51.9 Å². The average molecular weight is 830 g/mol. The molecule has 3 heterocycles. The minimum absolute atomic E-state index is 0.0723. The lowest BCUT2D eigenvalue weighted by Crippen LogP contribution is -2.41. The maximum atomic E-state index is 14.0. The lowest BCUT2D eigenvalue weighted by atomic mass is 9.83. The average Bonchev–Trinajstić information content (AvgIpc) is 3.63. The van der Waals surface area contributed by atoms with Gasteiger partial charge >= 0.3 is 18.2 Å². The molecule has 6 rings (SSSR count). The molecule has 2 amide bonds. The van der Waals surface area contributed by atoms with Crippen molar-refractivity contribution in [3.8, 4) is 5.75 Å². The number of benzene rings is 3. The van der Waals surface area contributed by atoms with Crippen LogP contribution in [0.25, 0.3) is 11.0 Å². The number of carbonyl (C=O) groups is 3. The van der Waals surface area contributed by atoms with Crippen LogP contribution in [-0.2, 0) is 38.5 Å². The molecule has 318 valence electrons. The third-order valence-electron chi connectivity index (χ3n) is 10.6. The summed E-state index contributed by atoms with van der Waals surface area (Å²) in [7, 11) is 0. The van der Waals surface area contributed by atoms with Crippen LogP contribution in [0, 0.1) is 41.9 Å². The van der Waals surface area contributed by atoms with Gasteiger partial charge in [-0.05, 0) is 100 Å². The van der Waals surface area contributed by atoms with Gasteiger partial charge in [-0.2, -0.15) is 8.78 Å². The Balaban J connectivity index is 1.04. The summed E-state index contributed by atoms with van der Waals surface area (Å²) in [6.07, 6.45) is 0.812. The highest BCUT2D eigenvalue weighted by Crippen LogP contribution is 2.36. The van der Waals surface area contributed by atoms with Gasteiger partial charge in [0.15, 0.2) is 0 Å². The predicted octanol–water partition coefficient (Wildman–Crippen LogP) is 8.13. The summed E-state index contributed by atoms with van der Waals surface area (Å²) in [5.41, 5.74) is 5.79. The normalized spacial score (nSPS) is 15.3. The number of amides is 2. The molecule has 4 aromatic rings. The van der Waals surface area contributed by atoms with Gasteiger partial charge < -0.3 is 28.7 Å². The number of esters is 1. The van der Waals surface area contributed by atoms with Crippen LogP contribution >= 0.6 is 0 Å². The summed E-state index contributed by atoms with van der Waals surface area (Å²) < 4.78 is 91.6. The molecule has 1 aromatic heterocycles. The molecular formula is C42H48F5N5O7. The van der Waals surface area contributed by atoms with Crippen LogP contribution < -0.4 is 4.74 Å². The van der Waals surface area contributed by atoms with Crippen LogP contribution in [0.2, 0.25) is 0 Å². The van der Waals surface area contributed by atoms with Crippen molar-refractivity contribution in [1.29, 1.82) is 0 Å². The van der Waals surface area contributed by atoms with Crippen LogP contribution in [0.15, 0.2) is 30.3 Å². The quantitative estimate of drug-likeness (QED) is 0.0458.